The minimum absolute atomic E-state index is 0.282. The van der Waals surface area contributed by atoms with E-state index in [0.29, 0.717) is 28.8 Å². The van der Waals surface area contributed by atoms with E-state index >= 15 is 0 Å². The average molecular weight is 343 g/mol. The van der Waals surface area contributed by atoms with Gasteiger partial charge in [0.1, 0.15) is 23.1 Å². The molecule has 1 aromatic heterocycles. The van der Waals surface area contributed by atoms with Gasteiger partial charge in [0.25, 0.3) is 5.91 Å². The lowest BCUT2D eigenvalue weighted by atomic mass is 10.2. The zero-order chi connectivity index (χ0) is 18.2. The SMILES string of the molecule is COc1cccc(NC(=O)c2cc(NCCCN(C)C)nc(C)n2)c1. The zero-order valence-electron chi connectivity index (χ0n) is 15.2. The molecule has 0 aliphatic heterocycles. The van der Waals surface area contributed by atoms with Crippen LogP contribution in [-0.2, 0) is 0 Å². The molecule has 0 aliphatic rings. The van der Waals surface area contributed by atoms with Crippen LogP contribution in [0.15, 0.2) is 30.3 Å². The summed E-state index contributed by atoms with van der Waals surface area (Å²) in [5, 5.41) is 6.07. The van der Waals surface area contributed by atoms with E-state index in [0.717, 1.165) is 19.5 Å². The number of benzene rings is 1. The predicted molar refractivity (Wildman–Crippen MR) is 99.4 cm³/mol. The van der Waals surface area contributed by atoms with Gasteiger partial charge in [0.2, 0.25) is 0 Å². The summed E-state index contributed by atoms with van der Waals surface area (Å²) < 4.78 is 5.16. The molecule has 0 saturated heterocycles. The highest BCUT2D eigenvalue weighted by atomic mass is 16.5. The largest absolute Gasteiger partial charge is 0.497 e. The van der Waals surface area contributed by atoms with E-state index in [1.54, 1.807) is 32.2 Å². The van der Waals surface area contributed by atoms with Crippen molar-refractivity contribution in [1.82, 2.24) is 14.9 Å². The Hall–Kier alpha value is -2.67. The number of nitrogens with zero attached hydrogens (tertiary/aromatic N) is 3. The van der Waals surface area contributed by atoms with Crippen molar-refractivity contribution < 1.29 is 9.53 Å². The van der Waals surface area contributed by atoms with Gasteiger partial charge in [-0.2, -0.15) is 0 Å². The lowest BCUT2D eigenvalue weighted by molar-refractivity contribution is 0.102. The Labute approximate surface area is 148 Å². The summed E-state index contributed by atoms with van der Waals surface area (Å²) in [6.07, 6.45) is 0.987. The number of aryl methyl sites for hydroxylation is 1. The first-order valence-corrected chi connectivity index (χ1v) is 8.17. The molecular weight excluding hydrogens is 318 g/mol. The van der Waals surface area contributed by atoms with Gasteiger partial charge in [-0.3, -0.25) is 4.79 Å². The minimum atomic E-state index is -0.282. The first-order valence-electron chi connectivity index (χ1n) is 8.17. The molecule has 134 valence electrons. The Morgan fingerprint density at radius 2 is 2.04 bits per heavy atom. The van der Waals surface area contributed by atoms with Gasteiger partial charge in [-0.15, -0.1) is 0 Å². The molecule has 1 heterocycles. The number of ether oxygens (including phenoxy) is 1. The highest BCUT2D eigenvalue weighted by molar-refractivity contribution is 6.03. The second-order valence-electron chi connectivity index (χ2n) is 5.96. The van der Waals surface area contributed by atoms with E-state index in [1.807, 2.05) is 26.2 Å². The molecule has 2 N–H and O–H groups in total. The van der Waals surface area contributed by atoms with Gasteiger partial charge in [-0.1, -0.05) is 6.07 Å². The lowest BCUT2D eigenvalue weighted by Crippen LogP contribution is -2.18. The molecule has 0 spiro atoms. The number of hydrogen-bond donors (Lipinski definition) is 2. The van der Waals surface area contributed by atoms with Crippen LogP contribution < -0.4 is 15.4 Å². The second-order valence-corrected chi connectivity index (χ2v) is 5.96. The van der Waals surface area contributed by atoms with E-state index in [9.17, 15) is 4.79 Å². The normalized spacial score (nSPS) is 10.6. The molecule has 25 heavy (non-hydrogen) atoms. The molecule has 7 heteroatoms. The summed E-state index contributed by atoms with van der Waals surface area (Å²) in [6.45, 7) is 3.54. The van der Waals surface area contributed by atoms with E-state index in [4.69, 9.17) is 4.74 Å². The number of rotatable bonds is 8. The summed E-state index contributed by atoms with van der Waals surface area (Å²) in [4.78, 5) is 23.1. The maximum atomic E-state index is 12.5. The Balaban J connectivity index is 2.03. The summed E-state index contributed by atoms with van der Waals surface area (Å²) in [6, 6.07) is 8.86. The first kappa shape index (κ1) is 18.7. The monoisotopic (exact) mass is 343 g/mol. The fourth-order valence-electron chi connectivity index (χ4n) is 2.28. The van der Waals surface area contributed by atoms with Gasteiger partial charge >= 0.3 is 0 Å². The number of anilines is 2. The number of carbonyl (C=O) groups excluding carboxylic acids is 1. The fourth-order valence-corrected chi connectivity index (χ4v) is 2.28. The van der Waals surface area contributed by atoms with Gasteiger partial charge in [0.05, 0.1) is 7.11 Å². The van der Waals surface area contributed by atoms with E-state index in [2.05, 4.69) is 25.5 Å². The third kappa shape index (κ3) is 6.04. The second kappa shape index (κ2) is 8.98. The smallest absolute Gasteiger partial charge is 0.274 e. The van der Waals surface area contributed by atoms with Gasteiger partial charge in [-0.05, 0) is 46.1 Å². The number of hydrogen-bond acceptors (Lipinski definition) is 6. The Kier molecular flexibility index (Phi) is 6.71. The van der Waals surface area contributed by atoms with Crippen molar-refractivity contribution in [1.29, 1.82) is 0 Å². The van der Waals surface area contributed by atoms with Crippen LogP contribution in [0, 0.1) is 6.92 Å². The molecule has 0 unspecified atom stereocenters. The molecule has 2 aromatic rings. The number of carbonyl (C=O) groups is 1. The quantitative estimate of drug-likeness (QED) is 0.717. The van der Waals surface area contributed by atoms with Crippen LogP contribution in [0.4, 0.5) is 11.5 Å². The number of aromatic nitrogens is 2. The molecule has 0 saturated carbocycles. The fraction of sp³-hybridized carbons (Fsp3) is 0.389. The molecule has 0 fully saturated rings. The molecule has 0 aliphatic carbocycles. The Morgan fingerprint density at radius 3 is 2.76 bits per heavy atom. The summed E-state index contributed by atoms with van der Waals surface area (Å²) in [5.41, 5.74) is 0.978. The van der Waals surface area contributed by atoms with Crippen LogP contribution in [0.2, 0.25) is 0 Å². The third-order valence-corrected chi connectivity index (χ3v) is 3.49. The van der Waals surface area contributed by atoms with Crippen LogP contribution in [0.3, 0.4) is 0 Å². The molecule has 7 nitrogen and oxygen atoms in total. The maximum absolute atomic E-state index is 12.5. The standard InChI is InChI=1S/C18H25N5O2/c1-13-20-16(12-17(21-13)19-9-6-10-23(2)3)18(24)22-14-7-5-8-15(11-14)25-4/h5,7-8,11-12H,6,9-10H2,1-4H3,(H,22,24)(H,19,20,21). The van der Waals surface area contributed by atoms with Crippen molar-refractivity contribution in [2.45, 2.75) is 13.3 Å². The van der Waals surface area contributed by atoms with Crippen molar-refractivity contribution in [2.75, 3.05) is 44.9 Å². The molecule has 0 bridgehead atoms. The summed E-state index contributed by atoms with van der Waals surface area (Å²) in [5.74, 6) is 1.60. The van der Waals surface area contributed by atoms with E-state index in [-0.39, 0.29) is 5.91 Å². The first-order chi connectivity index (χ1) is 12.0. The van der Waals surface area contributed by atoms with Crippen LogP contribution in [0.1, 0.15) is 22.7 Å². The third-order valence-electron chi connectivity index (χ3n) is 3.49. The summed E-state index contributed by atoms with van der Waals surface area (Å²) in [7, 11) is 5.66. The van der Waals surface area contributed by atoms with Crippen molar-refractivity contribution >= 4 is 17.4 Å². The van der Waals surface area contributed by atoms with E-state index < -0.39 is 0 Å². The minimum Gasteiger partial charge on any atom is -0.497 e. The number of amides is 1. The lowest BCUT2D eigenvalue weighted by Gasteiger charge is -2.11. The summed E-state index contributed by atoms with van der Waals surface area (Å²) >= 11 is 0. The Bertz CT molecular complexity index is 718. The number of methoxy groups -OCH3 is 1. The predicted octanol–water partition coefficient (Wildman–Crippen LogP) is 2.41. The average Bonchev–Trinajstić information content (AvgIpc) is 2.58. The molecule has 0 atom stereocenters. The van der Waals surface area contributed by atoms with Crippen LogP contribution in [0.5, 0.6) is 5.75 Å². The van der Waals surface area contributed by atoms with E-state index in [1.165, 1.54) is 0 Å². The van der Waals surface area contributed by atoms with Gasteiger partial charge in [0, 0.05) is 24.4 Å². The van der Waals surface area contributed by atoms with Crippen LogP contribution >= 0.6 is 0 Å². The van der Waals surface area contributed by atoms with Gasteiger partial charge in [0.15, 0.2) is 0 Å². The highest BCUT2D eigenvalue weighted by Crippen LogP contribution is 2.17. The molecule has 1 amide bonds. The Morgan fingerprint density at radius 1 is 1.24 bits per heavy atom. The number of nitrogens with one attached hydrogen (secondary N) is 2. The van der Waals surface area contributed by atoms with Crippen molar-refractivity contribution in [3.8, 4) is 5.75 Å². The molecule has 2 rings (SSSR count). The molecular formula is C18H25N5O2. The van der Waals surface area contributed by atoms with Crippen molar-refractivity contribution in [3.63, 3.8) is 0 Å². The van der Waals surface area contributed by atoms with Gasteiger partial charge in [-0.25, -0.2) is 9.97 Å². The van der Waals surface area contributed by atoms with Crippen molar-refractivity contribution in [2.24, 2.45) is 0 Å². The zero-order valence-corrected chi connectivity index (χ0v) is 15.2. The maximum Gasteiger partial charge on any atom is 0.274 e. The highest BCUT2D eigenvalue weighted by Gasteiger charge is 2.11. The molecule has 0 radical (unpaired) electrons. The topological polar surface area (TPSA) is 79.4 Å². The van der Waals surface area contributed by atoms with Crippen molar-refractivity contribution in [3.05, 3.63) is 41.9 Å². The van der Waals surface area contributed by atoms with Crippen LogP contribution in [0.25, 0.3) is 0 Å². The van der Waals surface area contributed by atoms with Crippen LogP contribution in [-0.4, -0.2) is 55.1 Å². The molecule has 1 aromatic carbocycles. The van der Waals surface area contributed by atoms with Gasteiger partial charge < -0.3 is 20.3 Å².